The van der Waals surface area contributed by atoms with E-state index in [1.54, 1.807) is 19.1 Å². The molecule has 0 heterocycles. The van der Waals surface area contributed by atoms with Crippen LogP contribution in [-0.4, -0.2) is 32.1 Å². The number of hydrogen-bond acceptors (Lipinski definition) is 4. The lowest BCUT2D eigenvalue weighted by Gasteiger charge is -2.09. The molecule has 0 aliphatic carbocycles. The number of rotatable bonds is 6. The number of nitrogens with one attached hydrogen (secondary N) is 1. The van der Waals surface area contributed by atoms with Crippen molar-refractivity contribution in [2.24, 2.45) is 11.7 Å². The van der Waals surface area contributed by atoms with E-state index in [9.17, 15) is 9.59 Å². The molecule has 0 spiro atoms. The smallest absolute Gasteiger partial charge is 0.337 e. The highest BCUT2D eigenvalue weighted by atomic mass is 16.5. The quantitative estimate of drug-likeness (QED) is 0.742. The van der Waals surface area contributed by atoms with Crippen molar-refractivity contribution in [1.82, 2.24) is 5.32 Å². The molecule has 1 amide bonds. The van der Waals surface area contributed by atoms with Crippen LogP contribution in [0.25, 0.3) is 0 Å². The van der Waals surface area contributed by atoms with E-state index in [2.05, 4.69) is 10.1 Å². The summed E-state index contributed by atoms with van der Waals surface area (Å²) in [7, 11) is 1.35. The molecule has 104 valence electrons. The summed E-state index contributed by atoms with van der Waals surface area (Å²) in [4.78, 5) is 22.7. The van der Waals surface area contributed by atoms with Crippen LogP contribution in [0.4, 0.5) is 0 Å². The Bertz CT molecular complexity index is 429. The largest absolute Gasteiger partial charge is 0.465 e. The van der Waals surface area contributed by atoms with Gasteiger partial charge >= 0.3 is 5.97 Å². The maximum atomic E-state index is 11.5. The summed E-state index contributed by atoms with van der Waals surface area (Å²) in [5, 5.41) is 2.82. The second kappa shape index (κ2) is 7.53. The van der Waals surface area contributed by atoms with Crippen molar-refractivity contribution < 1.29 is 14.3 Å². The van der Waals surface area contributed by atoms with Crippen molar-refractivity contribution in [1.29, 1.82) is 0 Å². The van der Waals surface area contributed by atoms with E-state index in [0.29, 0.717) is 25.1 Å². The summed E-state index contributed by atoms with van der Waals surface area (Å²) >= 11 is 0. The first-order chi connectivity index (χ1) is 9.08. The fraction of sp³-hybridized carbons (Fsp3) is 0.429. The lowest BCUT2D eigenvalue weighted by Crippen LogP contribution is -2.34. The van der Waals surface area contributed by atoms with Crippen LogP contribution >= 0.6 is 0 Å². The Balaban J connectivity index is 2.42. The minimum Gasteiger partial charge on any atom is -0.465 e. The second-order valence-electron chi connectivity index (χ2n) is 4.37. The molecule has 0 radical (unpaired) electrons. The number of ether oxygens (including phenoxy) is 1. The monoisotopic (exact) mass is 264 g/mol. The molecule has 1 aromatic carbocycles. The number of methoxy groups -OCH3 is 1. The Labute approximate surface area is 113 Å². The fourth-order valence-electron chi connectivity index (χ4n) is 1.54. The molecule has 3 N–H and O–H groups in total. The van der Waals surface area contributed by atoms with Gasteiger partial charge < -0.3 is 15.8 Å². The molecule has 1 rings (SSSR count). The Morgan fingerprint density at radius 2 is 1.95 bits per heavy atom. The number of carbonyl (C=O) groups excluding carboxylic acids is 2. The topological polar surface area (TPSA) is 81.4 Å². The third-order valence-corrected chi connectivity index (χ3v) is 2.89. The minimum absolute atomic E-state index is 0.0336. The van der Waals surface area contributed by atoms with Gasteiger partial charge in [0.2, 0.25) is 5.91 Å². The predicted octanol–water partition coefficient (Wildman–Crippen LogP) is 0.727. The zero-order chi connectivity index (χ0) is 14.3. The Hall–Kier alpha value is -1.88. The summed E-state index contributed by atoms with van der Waals surface area (Å²) in [5.41, 5.74) is 6.98. The van der Waals surface area contributed by atoms with Crippen LogP contribution in [0.3, 0.4) is 0 Å². The maximum absolute atomic E-state index is 11.5. The van der Waals surface area contributed by atoms with Gasteiger partial charge in [-0.15, -0.1) is 0 Å². The van der Waals surface area contributed by atoms with Crippen LogP contribution in [0.2, 0.25) is 0 Å². The Kier molecular flexibility index (Phi) is 6.02. The normalized spacial score (nSPS) is 11.7. The van der Waals surface area contributed by atoms with E-state index in [4.69, 9.17) is 5.73 Å². The van der Waals surface area contributed by atoms with Gasteiger partial charge in [-0.2, -0.15) is 0 Å². The van der Waals surface area contributed by atoms with Gasteiger partial charge in [-0.05, 0) is 24.1 Å². The van der Waals surface area contributed by atoms with Crippen LogP contribution in [0.1, 0.15) is 22.8 Å². The Morgan fingerprint density at radius 1 is 1.32 bits per heavy atom. The standard InChI is InChI=1S/C14H20N2O3/c1-10(9-15)13(17)16-8-7-11-3-5-12(6-4-11)14(18)19-2/h3-6,10H,7-9,15H2,1-2H3,(H,16,17). The molecule has 0 saturated heterocycles. The first-order valence-electron chi connectivity index (χ1n) is 6.23. The molecule has 19 heavy (non-hydrogen) atoms. The number of hydrogen-bond donors (Lipinski definition) is 2. The molecule has 1 atom stereocenters. The molecular formula is C14H20N2O3. The highest BCUT2D eigenvalue weighted by Crippen LogP contribution is 2.06. The first-order valence-corrected chi connectivity index (χ1v) is 6.23. The molecule has 0 aromatic heterocycles. The molecule has 1 aromatic rings. The van der Waals surface area contributed by atoms with Crippen molar-refractivity contribution in [2.45, 2.75) is 13.3 Å². The summed E-state index contributed by atoms with van der Waals surface area (Å²) in [6.07, 6.45) is 0.713. The predicted molar refractivity (Wildman–Crippen MR) is 72.7 cm³/mol. The van der Waals surface area contributed by atoms with Gasteiger partial charge in [-0.1, -0.05) is 19.1 Å². The van der Waals surface area contributed by atoms with Gasteiger partial charge in [-0.25, -0.2) is 4.79 Å². The molecule has 5 nitrogen and oxygen atoms in total. The maximum Gasteiger partial charge on any atom is 0.337 e. The van der Waals surface area contributed by atoms with E-state index in [0.717, 1.165) is 5.56 Å². The van der Waals surface area contributed by atoms with Crippen LogP contribution in [0.5, 0.6) is 0 Å². The van der Waals surface area contributed by atoms with Crippen molar-refractivity contribution in [2.75, 3.05) is 20.2 Å². The lowest BCUT2D eigenvalue weighted by molar-refractivity contribution is -0.124. The third-order valence-electron chi connectivity index (χ3n) is 2.89. The van der Waals surface area contributed by atoms with E-state index < -0.39 is 0 Å². The summed E-state index contributed by atoms with van der Waals surface area (Å²) < 4.78 is 4.62. The number of amides is 1. The van der Waals surface area contributed by atoms with Crippen molar-refractivity contribution in [3.05, 3.63) is 35.4 Å². The molecule has 0 fully saturated rings. The number of benzene rings is 1. The van der Waals surface area contributed by atoms with Gasteiger partial charge in [0, 0.05) is 19.0 Å². The number of esters is 1. The second-order valence-corrected chi connectivity index (χ2v) is 4.37. The first kappa shape index (κ1) is 15.2. The molecule has 0 aliphatic heterocycles. The van der Waals surface area contributed by atoms with Crippen molar-refractivity contribution >= 4 is 11.9 Å². The molecule has 1 unspecified atom stereocenters. The van der Waals surface area contributed by atoms with Gasteiger partial charge in [0.1, 0.15) is 0 Å². The van der Waals surface area contributed by atoms with E-state index >= 15 is 0 Å². The SMILES string of the molecule is COC(=O)c1ccc(CCNC(=O)C(C)CN)cc1. The van der Waals surface area contributed by atoms with Gasteiger partial charge in [0.05, 0.1) is 12.7 Å². The van der Waals surface area contributed by atoms with Gasteiger partial charge in [0.25, 0.3) is 0 Å². The average molecular weight is 264 g/mol. The van der Waals surface area contributed by atoms with Crippen molar-refractivity contribution in [3.8, 4) is 0 Å². The highest BCUT2D eigenvalue weighted by Gasteiger charge is 2.09. The van der Waals surface area contributed by atoms with Crippen LogP contribution in [-0.2, 0) is 16.0 Å². The summed E-state index contributed by atoms with van der Waals surface area (Å²) in [6.45, 7) is 2.70. The lowest BCUT2D eigenvalue weighted by atomic mass is 10.1. The fourth-order valence-corrected chi connectivity index (χ4v) is 1.54. The van der Waals surface area contributed by atoms with Gasteiger partial charge in [0.15, 0.2) is 0 Å². The summed E-state index contributed by atoms with van der Waals surface area (Å²) in [5.74, 6) is -0.549. The summed E-state index contributed by atoms with van der Waals surface area (Å²) in [6, 6.07) is 7.13. The molecule has 0 bridgehead atoms. The third kappa shape index (κ3) is 4.71. The van der Waals surface area contributed by atoms with Crippen molar-refractivity contribution in [3.63, 3.8) is 0 Å². The molecule has 0 saturated carbocycles. The molecular weight excluding hydrogens is 244 g/mol. The van der Waals surface area contributed by atoms with Crippen LogP contribution < -0.4 is 11.1 Å². The molecule has 0 aliphatic rings. The minimum atomic E-state index is -0.350. The number of carbonyl (C=O) groups is 2. The Morgan fingerprint density at radius 3 is 2.47 bits per heavy atom. The van der Waals surface area contributed by atoms with E-state index in [1.807, 2.05) is 12.1 Å². The van der Waals surface area contributed by atoms with Gasteiger partial charge in [-0.3, -0.25) is 4.79 Å². The van der Waals surface area contributed by atoms with E-state index in [1.165, 1.54) is 7.11 Å². The number of nitrogens with two attached hydrogens (primary N) is 1. The molecule has 5 heteroatoms. The highest BCUT2D eigenvalue weighted by molar-refractivity contribution is 5.89. The van der Waals surface area contributed by atoms with E-state index in [-0.39, 0.29) is 17.8 Å². The average Bonchev–Trinajstić information content (AvgIpc) is 2.46. The van der Waals surface area contributed by atoms with Crippen LogP contribution in [0.15, 0.2) is 24.3 Å². The zero-order valence-corrected chi connectivity index (χ0v) is 11.3. The van der Waals surface area contributed by atoms with Crippen LogP contribution in [0, 0.1) is 5.92 Å². The zero-order valence-electron chi connectivity index (χ0n) is 11.3.